The van der Waals surface area contributed by atoms with Crippen molar-refractivity contribution in [2.75, 3.05) is 24.6 Å². The molecule has 1 amide bonds. The van der Waals surface area contributed by atoms with Crippen molar-refractivity contribution in [1.82, 2.24) is 15.3 Å². The van der Waals surface area contributed by atoms with E-state index in [1.807, 2.05) is 36.4 Å². The first-order chi connectivity index (χ1) is 17.3. The van der Waals surface area contributed by atoms with Crippen LogP contribution in [0.15, 0.2) is 54.7 Å². The number of nitrogen functional groups attached to an aromatic ring is 2. The molecule has 200 valence electrons. The van der Waals surface area contributed by atoms with Gasteiger partial charge in [-0.15, -0.1) is 24.8 Å². The lowest BCUT2D eigenvalue weighted by Crippen LogP contribution is -2.19. The number of hydrogen-bond acceptors (Lipinski definition) is 7. The molecule has 0 aliphatic rings. The molecule has 0 unspecified atom stereocenters. The molecule has 0 bridgehead atoms. The number of amides is 1. The third-order valence-corrected chi connectivity index (χ3v) is 5.23. The minimum atomic E-state index is -1.08. The van der Waals surface area contributed by atoms with E-state index in [0.29, 0.717) is 36.3 Å². The predicted molar refractivity (Wildman–Crippen MR) is 155 cm³/mol. The number of anilines is 2. The number of aliphatic hydroxyl groups is 1. The Morgan fingerprint density at radius 2 is 1.66 bits per heavy atom. The number of carbonyl (C=O) groups excluding carboxylic acids is 1. The van der Waals surface area contributed by atoms with Gasteiger partial charge in [-0.3, -0.25) is 9.78 Å². The van der Waals surface area contributed by atoms with Crippen LogP contribution in [0.3, 0.4) is 0 Å². The Balaban J connectivity index is 0.000000361. The van der Waals surface area contributed by atoms with E-state index in [1.54, 1.807) is 18.3 Å². The first kappa shape index (κ1) is 31.9. The van der Waals surface area contributed by atoms with Gasteiger partial charge in [-0.25, -0.2) is 9.78 Å². The van der Waals surface area contributed by atoms with Gasteiger partial charge in [-0.1, -0.05) is 36.1 Å². The van der Waals surface area contributed by atoms with E-state index in [2.05, 4.69) is 27.1 Å². The molecule has 0 fully saturated rings. The molecule has 0 atom stereocenters. The summed E-state index contributed by atoms with van der Waals surface area (Å²) in [5.74, 6) is 4.74. The van der Waals surface area contributed by atoms with Crippen LogP contribution in [0.4, 0.5) is 11.4 Å². The number of nitrogens with two attached hydrogens (primary N) is 2. The number of aromatic carboxylic acids is 1. The normalized spacial score (nSPS) is 9.63. The summed E-state index contributed by atoms with van der Waals surface area (Å²) in [7, 11) is 0. The standard InChI is InChI=1S/C14H13N3O.C13H14N2O3.2ClH/c1-10(18)16-8-3-4-11-7-9-17-14-12(11)5-2-6-13(14)15;14-10-5-1-4-9-8(3-2-6-16)7-11(13(17)18)15-12(9)10;;/h2,5-7,9H,8,15H2,1H3,(H,16,18);1,4-5,7,16H,2-3,6,14H2,(H,17,18);2*1H. The van der Waals surface area contributed by atoms with Crippen molar-refractivity contribution in [3.05, 3.63) is 71.5 Å². The van der Waals surface area contributed by atoms with E-state index in [9.17, 15) is 9.59 Å². The van der Waals surface area contributed by atoms with Crippen LogP contribution in [0.25, 0.3) is 21.8 Å². The highest BCUT2D eigenvalue weighted by atomic mass is 35.5. The van der Waals surface area contributed by atoms with Crippen LogP contribution >= 0.6 is 24.8 Å². The number of halogens is 2. The number of carbonyl (C=O) groups is 2. The average molecular weight is 558 g/mol. The van der Waals surface area contributed by atoms with Crippen LogP contribution < -0.4 is 16.8 Å². The Labute approximate surface area is 232 Å². The van der Waals surface area contributed by atoms with E-state index >= 15 is 0 Å². The van der Waals surface area contributed by atoms with Crippen LogP contribution in [-0.4, -0.2) is 45.2 Å². The van der Waals surface area contributed by atoms with Crippen molar-refractivity contribution in [2.24, 2.45) is 0 Å². The summed E-state index contributed by atoms with van der Waals surface area (Å²) in [4.78, 5) is 30.0. The highest BCUT2D eigenvalue weighted by Gasteiger charge is 2.12. The molecule has 2 aromatic heterocycles. The number of carboxylic acid groups (broad SMARTS) is 1. The number of rotatable bonds is 5. The van der Waals surface area contributed by atoms with Crippen molar-refractivity contribution in [3.63, 3.8) is 0 Å². The molecule has 0 aliphatic carbocycles. The van der Waals surface area contributed by atoms with Gasteiger partial charge < -0.3 is 27.0 Å². The number of nitrogens with zero attached hydrogens (tertiary/aromatic N) is 2. The maximum absolute atomic E-state index is 11.0. The Kier molecular flexibility index (Phi) is 12.8. The maximum atomic E-state index is 11.0. The molecule has 2 heterocycles. The summed E-state index contributed by atoms with van der Waals surface area (Å²) in [5.41, 5.74) is 15.7. The number of fused-ring (bicyclic) bond motifs is 2. The van der Waals surface area contributed by atoms with Crippen molar-refractivity contribution in [1.29, 1.82) is 0 Å². The number of benzene rings is 2. The third-order valence-electron chi connectivity index (χ3n) is 5.23. The van der Waals surface area contributed by atoms with Crippen molar-refractivity contribution >= 4 is 69.9 Å². The van der Waals surface area contributed by atoms with Gasteiger partial charge in [0.05, 0.1) is 29.0 Å². The van der Waals surface area contributed by atoms with Crippen LogP contribution in [-0.2, 0) is 11.2 Å². The molecular weight excluding hydrogens is 529 g/mol. The van der Waals surface area contributed by atoms with Gasteiger partial charge in [-0.2, -0.15) is 0 Å². The van der Waals surface area contributed by atoms with Crippen molar-refractivity contribution in [3.8, 4) is 11.8 Å². The van der Waals surface area contributed by atoms with Gasteiger partial charge in [0.2, 0.25) is 5.91 Å². The molecule has 0 saturated carbocycles. The number of pyridine rings is 2. The summed E-state index contributed by atoms with van der Waals surface area (Å²) in [5, 5.41) is 22.3. The minimum absolute atomic E-state index is 0. The van der Waals surface area contributed by atoms with Gasteiger partial charge in [0.15, 0.2) is 0 Å². The maximum Gasteiger partial charge on any atom is 0.354 e. The number of hydrogen-bond donors (Lipinski definition) is 5. The lowest BCUT2D eigenvalue weighted by atomic mass is 10.0. The van der Waals surface area contributed by atoms with Crippen LogP contribution in [0, 0.1) is 11.8 Å². The van der Waals surface area contributed by atoms with Gasteiger partial charge in [0.1, 0.15) is 5.69 Å². The lowest BCUT2D eigenvalue weighted by molar-refractivity contribution is -0.118. The van der Waals surface area contributed by atoms with Crippen molar-refractivity contribution < 1.29 is 19.8 Å². The molecular formula is C27H29Cl2N5O4. The largest absolute Gasteiger partial charge is 0.477 e. The molecule has 4 aromatic rings. The highest BCUT2D eigenvalue weighted by Crippen LogP contribution is 2.24. The zero-order valence-corrected chi connectivity index (χ0v) is 22.2. The zero-order valence-electron chi connectivity index (χ0n) is 20.6. The second-order valence-electron chi connectivity index (χ2n) is 7.86. The van der Waals surface area contributed by atoms with Crippen molar-refractivity contribution in [2.45, 2.75) is 19.8 Å². The average Bonchev–Trinajstić information content (AvgIpc) is 2.86. The monoisotopic (exact) mass is 557 g/mol. The van der Waals surface area contributed by atoms with Gasteiger partial charge in [0, 0.05) is 36.1 Å². The van der Waals surface area contributed by atoms with Gasteiger partial charge in [-0.05, 0) is 42.7 Å². The number of para-hydroxylation sites is 2. The molecule has 38 heavy (non-hydrogen) atoms. The Morgan fingerprint density at radius 1 is 1.00 bits per heavy atom. The number of carboxylic acids is 1. The number of aryl methyl sites for hydroxylation is 1. The Bertz CT molecular complexity index is 1490. The molecule has 4 rings (SSSR count). The Hall–Kier alpha value is -4.10. The summed E-state index contributed by atoms with van der Waals surface area (Å²) in [6.07, 6.45) is 2.85. The Morgan fingerprint density at radius 3 is 2.29 bits per heavy atom. The SMILES string of the molecule is CC(=O)NCC#Cc1ccnc2c(N)cccc12.Cl.Cl.Nc1cccc2c(CCCO)cc(C(=O)O)nc12. The zero-order chi connectivity index (χ0) is 26.1. The summed E-state index contributed by atoms with van der Waals surface area (Å²) < 4.78 is 0. The molecule has 2 aromatic carbocycles. The summed E-state index contributed by atoms with van der Waals surface area (Å²) >= 11 is 0. The number of aliphatic hydroxyl groups excluding tert-OH is 1. The second kappa shape index (κ2) is 15.2. The fraction of sp³-hybridized carbons (Fsp3) is 0.185. The molecule has 0 radical (unpaired) electrons. The quantitative estimate of drug-likeness (QED) is 0.183. The van der Waals surface area contributed by atoms with Gasteiger partial charge in [0.25, 0.3) is 0 Å². The van der Waals surface area contributed by atoms with E-state index in [0.717, 1.165) is 27.4 Å². The topological polar surface area (TPSA) is 164 Å². The smallest absolute Gasteiger partial charge is 0.354 e. The first-order valence-electron chi connectivity index (χ1n) is 11.2. The van der Waals surface area contributed by atoms with E-state index < -0.39 is 5.97 Å². The second-order valence-corrected chi connectivity index (χ2v) is 7.86. The highest BCUT2D eigenvalue weighted by molar-refractivity contribution is 5.96. The number of aromatic nitrogens is 2. The molecule has 7 N–H and O–H groups in total. The van der Waals surface area contributed by atoms with Crippen LogP contribution in [0.5, 0.6) is 0 Å². The van der Waals surface area contributed by atoms with E-state index in [-0.39, 0.29) is 43.0 Å². The van der Waals surface area contributed by atoms with Crippen LogP contribution in [0.1, 0.15) is 35.0 Å². The fourth-order valence-electron chi connectivity index (χ4n) is 3.54. The predicted octanol–water partition coefficient (Wildman–Crippen LogP) is 3.59. The van der Waals surface area contributed by atoms with E-state index in [4.69, 9.17) is 21.7 Å². The summed E-state index contributed by atoms with van der Waals surface area (Å²) in [6, 6.07) is 14.3. The summed E-state index contributed by atoms with van der Waals surface area (Å²) in [6.45, 7) is 1.86. The molecule has 11 heteroatoms. The van der Waals surface area contributed by atoms with Gasteiger partial charge >= 0.3 is 5.97 Å². The fourth-order valence-corrected chi connectivity index (χ4v) is 3.54. The molecule has 0 saturated heterocycles. The minimum Gasteiger partial charge on any atom is -0.477 e. The van der Waals surface area contributed by atoms with E-state index in [1.165, 1.54) is 6.92 Å². The van der Waals surface area contributed by atoms with Crippen LogP contribution in [0.2, 0.25) is 0 Å². The molecule has 0 aliphatic heterocycles. The molecule has 9 nitrogen and oxygen atoms in total. The number of nitrogens with one attached hydrogen (secondary N) is 1. The third kappa shape index (κ3) is 8.21. The first-order valence-corrected chi connectivity index (χ1v) is 11.2. The molecule has 0 spiro atoms. The lowest BCUT2D eigenvalue weighted by Gasteiger charge is -2.08.